The van der Waals surface area contributed by atoms with Gasteiger partial charge in [0.1, 0.15) is 5.82 Å². The molecular formula is C15H23ClFNO2S. The van der Waals surface area contributed by atoms with Gasteiger partial charge in [0, 0.05) is 17.3 Å². The van der Waals surface area contributed by atoms with Crippen LogP contribution in [0.1, 0.15) is 32.8 Å². The summed E-state index contributed by atoms with van der Waals surface area (Å²) in [5.74, 6) is -0.369. The molecule has 0 bridgehead atoms. The summed E-state index contributed by atoms with van der Waals surface area (Å²) in [7, 11) is -3.29. The Morgan fingerprint density at radius 1 is 1.38 bits per heavy atom. The van der Waals surface area contributed by atoms with Crippen LogP contribution >= 0.6 is 11.6 Å². The first-order valence-corrected chi connectivity index (χ1v) is 9.23. The molecule has 6 heteroatoms. The lowest BCUT2D eigenvalue weighted by Crippen LogP contribution is -2.53. The summed E-state index contributed by atoms with van der Waals surface area (Å²) < 4.78 is 37.0. The van der Waals surface area contributed by atoms with Crippen LogP contribution in [0.4, 0.5) is 4.39 Å². The molecule has 1 unspecified atom stereocenters. The monoisotopic (exact) mass is 335 g/mol. The molecule has 0 heterocycles. The maximum atomic E-state index is 13.9. The van der Waals surface area contributed by atoms with Crippen LogP contribution in [0, 0.1) is 5.82 Å². The van der Waals surface area contributed by atoms with Gasteiger partial charge in [-0.05, 0) is 57.0 Å². The maximum absolute atomic E-state index is 13.9. The number of hydrogen-bond donors (Lipinski definition) is 1. The molecule has 1 aromatic rings. The Kier molecular flexibility index (Phi) is 6.20. The molecule has 3 nitrogen and oxygen atoms in total. The predicted molar refractivity (Wildman–Crippen MR) is 86.1 cm³/mol. The van der Waals surface area contributed by atoms with Crippen LogP contribution in [0.2, 0.25) is 5.02 Å². The molecule has 0 aromatic heterocycles. The van der Waals surface area contributed by atoms with E-state index in [0.717, 1.165) is 6.42 Å². The highest BCUT2D eigenvalue weighted by molar-refractivity contribution is 7.92. The Labute approximate surface area is 131 Å². The molecule has 120 valence electrons. The van der Waals surface area contributed by atoms with Crippen molar-refractivity contribution in [1.29, 1.82) is 0 Å². The minimum atomic E-state index is -3.29. The fourth-order valence-corrected chi connectivity index (χ4v) is 2.94. The van der Waals surface area contributed by atoms with E-state index in [-0.39, 0.29) is 18.3 Å². The second-order valence-corrected chi connectivity index (χ2v) is 8.86. The van der Waals surface area contributed by atoms with Gasteiger partial charge in [0.05, 0.1) is 4.75 Å². The Morgan fingerprint density at radius 3 is 2.52 bits per heavy atom. The van der Waals surface area contributed by atoms with E-state index in [0.29, 0.717) is 17.1 Å². The standard InChI is InChI=1S/C15H23ClFNO2S/c1-5-8-18-14(15(2,3)21(4,19)20)10-11-9-12(16)6-7-13(11)17/h6-7,9,14,18H,5,8,10H2,1-4H3. The van der Waals surface area contributed by atoms with Gasteiger partial charge in [-0.2, -0.15) is 0 Å². The summed E-state index contributed by atoms with van der Waals surface area (Å²) in [6.07, 6.45) is 2.35. The number of halogens is 2. The van der Waals surface area contributed by atoms with Crippen molar-refractivity contribution in [3.05, 3.63) is 34.6 Å². The van der Waals surface area contributed by atoms with Crippen molar-refractivity contribution in [1.82, 2.24) is 5.32 Å². The van der Waals surface area contributed by atoms with Gasteiger partial charge in [-0.15, -0.1) is 0 Å². The largest absolute Gasteiger partial charge is 0.312 e. The Morgan fingerprint density at radius 2 is 2.00 bits per heavy atom. The van der Waals surface area contributed by atoms with E-state index in [1.54, 1.807) is 19.9 Å². The first-order chi connectivity index (χ1) is 9.59. The molecule has 0 amide bonds. The molecule has 0 saturated carbocycles. The number of nitrogens with one attached hydrogen (secondary N) is 1. The van der Waals surface area contributed by atoms with Crippen molar-refractivity contribution < 1.29 is 12.8 Å². The predicted octanol–water partition coefficient (Wildman–Crippen LogP) is 3.21. The summed E-state index contributed by atoms with van der Waals surface area (Å²) in [6.45, 7) is 6.00. The summed E-state index contributed by atoms with van der Waals surface area (Å²) >= 11 is 5.90. The van der Waals surface area contributed by atoms with Crippen LogP contribution in [0.3, 0.4) is 0 Å². The minimum absolute atomic E-state index is 0.270. The third kappa shape index (κ3) is 4.66. The zero-order valence-electron chi connectivity index (χ0n) is 12.9. The lowest BCUT2D eigenvalue weighted by Gasteiger charge is -2.33. The zero-order valence-corrected chi connectivity index (χ0v) is 14.5. The molecule has 0 aliphatic rings. The SMILES string of the molecule is CCCNC(Cc1cc(Cl)ccc1F)C(C)(C)S(C)(=O)=O. The summed E-state index contributed by atoms with van der Waals surface area (Å²) in [6, 6.07) is 3.95. The van der Waals surface area contributed by atoms with Crippen LogP contribution in [0.25, 0.3) is 0 Å². The molecule has 0 radical (unpaired) electrons. The van der Waals surface area contributed by atoms with Crippen molar-refractivity contribution in [3.63, 3.8) is 0 Å². The van der Waals surface area contributed by atoms with Gasteiger partial charge in [-0.1, -0.05) is 18.5 Å². The molecule has 0 spiro atoms. The van der Waals surface area contributed by atoms with Crippen LogP contribution in [0.5, 0.6) is 0 Å². The summed E-state index contributed by atoms with van der Waals surface area (Å²) in [5.41, 5.74) is 0.424. The van der Waals surface area contributed by atoms with Crippen molar-refractivity contribution >= 4 is 21.4 Å². The first-order valence-electron chi connectivity index (χ1n) is 6.96. The molecule has 1 N–H and O–H groups in total. The van der Waals surface area contributed by atoms with Crippen molar-refractivity contribution in [2.45, 2.75) is 44.4 Å². The molecule has 0 aliphatic carbocycles. The smallest absolute Gasteiger partial charge is 0.154 e. The first kappa shape index (κ1) is 18.4. The third-order valence-corrected chi connectivity index (χ3v) is 6.30. The average Bonchev–Trinajstić information content (AvgIpc) is 2.36. The van der Waals surface area contributed by atoms with Gasteiger partial charge in [-0.25, -0.2) is 12.8 Å². The highest BCUT2D eigenvalue weighted by atomic mass is 35.5. The Bertz CT molecular complexity index is 587. The highest BCUT2D eigenvalue weighted by Gasteiger charge is 2.38. The van der Waals surface area contributed by atoms with E-state index in [1.165, 1.54) is 18.4 Å². The summed E-state index contributed by atoms with van der Waals surface area (Å²) in [4.78, 5) is 0. The second kappa shape index (κ2) is 7.07. The van der Waals surface area contributed by atoms with Gasteiger partial charge >= 0.3 is 0 Å². The average molecular weight is 336 g/mol. The lowest BCUT2D eigenvalue weighted by atomic mass is 9.95. The zero-order chi connectivity index (χ0) is 16.3. The van der Waals surface area contributed by atoms with E-state index < -0.39 is 14.6 Å². The van der Waals surface area contributed by atoms with Gasteiger partial charge in [0.2, 0.25) is 0 Å². The van der Waals surface area contributed by atoms with Crippen molar-refractivity contribution in [2.75, 3.05) is 12.8 Å². The topological polar surface area (TPSA) is 46.2 Å². The Hall–Kier alpha value is -0.650. The quantitative estimate of drug-likeness (QED) is 0.832. The fraction of sp³-hybridized carbons (Fsp3) is 0.600. The molecule has 0 saturated heterocycles. The molecule has 0 fully saturated rings. The molecule has 1 aromatic carbocycles. The van der Waals surface area contributed by atoms with Gasteiger partial charge in [0.15, 0.2) is 9.84 Å². The van der Waals surface area contributed by atoms with Crippen LogP contribution < -0.4 is 5.32 Å². The van der Waals surface area contributed by atoms with Crippen molar-refractivity contribution in [2.24, 2.45) is 0 Å². The molecule has 1 rings (SSSR count). The molecular weight excluding hydrogens is 313 g/mol. The maximum Gasteiger partial charge on any atom is 0.154 e. The van der Waals surface area contributed by atoms with Crippen molar-refractivity contribution in [3.8, 4) is 0 Å². The normalized spacial score (nSPS) is 14.2. The van der Waals surface area contributed by atoms with E-state index in [1.807, 2.05) is 6.92 Å². The Balaban J connectivity index is 3.12. The lowest BCUT2D eigenvalue weighted by molar-refractivity contribution is 0.401. The van der Waals surface area contributed by atoms with E-state index in [2.05, 4.69) is 5.32 Å². The van der Waals surface area contributed by atoms with E-state index >= 15 is 0 Å². The fourth-order valence-electron chi connectivity index (χ4n) is 2.06. The van der Waals surface area contributed by atoms with Gasteiger partial charge < -0.3 is 5.32 Å². The van der Waals surface area contributed by atoms with Gasteiger partial charge in [0.25, 0.3) is 0 Å². The minimum Gasteiger partial charge on any atom is -0.312 e. The number of rotatable bonds is 7. The number of benzene rings is 1. The van der Waals surface area contributed by atoms with Crippen LogP contribution in [0.15, 0.2) is 18.2 Å². The number of sulfone groups is 1. The summed E-state index contributed by atoms with van der Waals surface area (Å²) in [5, 5.41) is 3.66. The second-order valence-electron chi connectivity index (χ2n) is 5.82. The van der Waals surface area contributed by atoms with E-state index in [9.17, 15) is 12.8 Å². The molecule has 1 atom stereocenters. The van der Waals surface area contributed by atoms with E-state index in [4.69, 9.17) is 11.6 Å². The molecule has 0 aliphatic heterocycles. The third-order valence-electron chi connectivity index (χ3n) is 3.87. The highest BCUT2D eigenvalue weighted by Crippen LogP contribution is 2.25. The van der Waals surface area contributed by atoms with Crippen LogP contribution in [-0.2, 0) is 16.3 Å². The van der Waals surface area contributed by atoms with Crippen LogP contribution in [-0.4, -0.2) is 32.0 Å². The number of hydrogen-bond acceptors (Lipinski definition) is 3. The van der Waals surface area contributed by atoms with Gasteiger partial charge in [-0.3, -0.25) is 0 Å². The molecule has 21 heavy (non-hydrogen) atoms.